The van der Waals surface area contributed by atoms with Gasteiger partial charge < -0.3 is 4.90 Å². The van der Waals surface area contributed by atoms with Gasteiger partial charge in [-0.25, -0.2) is 4.90 Å². The normalized spacial score (nSPS) is 17.5. The maximum absolute atomic E-state index is 13.7. The van der Waals surface area contributed by atoms with E-state index in [4.69, 9.17) is 0 Å². The molecule has 0 saturated carbocycles. The highest BCUT2D eigenvalue weighted by Crippen LogP contribution is 2.38. The van der Waals surface area contributed by atoms with Gasteiger partial charge in [0, 0.05) is 18.0 Å². The molecule has 162 valence electrons. The predicted octanol–water partition coefficient (Wildman–Crippen LogP) is 5.30. The lowest BCUT2D eigenvalue weighted by Crippen LogP contribution is -2.39. The molecule has 0 spiro atoms. The number of thiophene rings is 1. The fraction of sp³-hybridized carbons (Fsp3) is 0.259. The average molecular weight is 443 g/mol. The third kappa shape index (κ3) is 3.78. The van der Waals surface area contributed by atoms with Gasteiger partial charge in [0.25, 0.3) is 11.8 Å². The van der Waals surface area contributed by atoms with E-state index < -0.39 is 0 Å². The van der Waals surface area contributed by atoms with Crippen molar-refractivity contribution in [3.05, 3.63) is 93.8 Å². The number of carbonyl (C=O) groups excluding carboxylic acids is 2. The summed E-state index contributed by atoms with van der Waals surface area (Å²) in [6.07, 6.45) is 3.09. The minimum Gasteiger partial charge on any atom is -0.366 e. The van der Waals surface area contributed by atoms with Crippen LogP contribution in [0.1, 0.15) is 28.8 Å². The first kappa shape index (κ1) is 20.7. The standard InChI is InChI=1S/C27H26N2O2S/c1-19-8-5-6-11-22(19)29-26(30)24(23-12-7-17-32-23)25(27(29)31)28-15-13-21(14-16-28)18-20-9-3-2-4-10-20/h2-12,17,21H,13-16,18H2,1H3. The molecule has 0 atom stereocenters. The van der Waals surface area contributed by atoms with Crippen LogP contribution in [-0.4, -0.2) is 29.8 Å². The lowest BCUT2D eigenvalue weighted by atomic mass is 9.90. The summed E-state index contributed by atoms with van der Waals surface area (Å²) in [6.45, 7) is 3.53. The Morgan fingerprint density at radius 1 is 0.875 bits per heavy atom. The molecule has 1 saturated heterocycles. The van der Waals surface area contributed by atoms with Crippen molar-refractivity contribution in [3.63, 3.8) is 0 Å². The number of piperidine rings is 1. The molecule has 0 aliphatic carbocycles. The number of anilines is 1. The van der Waals surface area contributed by atoms with Crippen molar-refractivity contribution in [2.45, 2.75) is 26.2 Å². The molecule has 5 rings (SSSR count). The number of rotatable bonds is 5. The molecule has 32 heavy (non-hydrogen) atoms. The van der Waals surface area contributed by atoms with E-state index in [1.807, 2.05) is 54.8 Å². The number of likely N-dealkylation sites (tertiary alicyclic amines) is 1. The molecule has 0 N–H and O–H groups in total. The SMILES string of the molecule is Cc1ccccc1N1C(=O)C(c2cccs2)=C(N2CCC(Cc3ccccc3)CC2)C1=O. The average Bonchev–Trinajstić information content (AvgIpc) is 3.42. The lowest BCUT2D eigenvalue weighted by molar-refractivity contribution is -0.120. The van der Waals surface area contributed by atoms with Gasteiger partial charge in [0.1, 0.15) is 5.70 Å². The second-order valence-corrected chi connectivity index (χ2v) is 9.50. The van der Waals surface area contributed by atoms with Crippen molar-refractivity contribution in [3.8, 4) is 0 Å². The summed E-state index contributed by atoms with van der Waals surface area (Å²) in [4.78, 5) is 31.6. The van der Waals surface area contributed by atoms with Crippen LogP contribution < -0.4 is 4.90 Å². The van der Waals surface area contributed by atoms with Crippen LogP contribution >= 0.6 is 11.3 Å². The summed E-state index contributed by atoms with van der Waals surface area (Å²) < 4.78 is 0. The van der Waals surface area contributed by atoms with Gasteiger partial charge in [0.05, 0.1) is 11.3 Å². The molecule has 1 fully saturated rings. The highest BCUT2D eigenvalue weighted by molar-refractivity contribution is 7.11. The minimum absolute atomic E-state index is 0.200. The number of aryl methyl sites for hydroxylation is 1. The van der Waals surface area contributed by atoms with E-state index in [1.54, 1.807) is 0 Å². The Hall–Kier alpha value is -3.18. The molecule has 5 heteroatoms. The Bertz CT molecular complexity index is 1160. The largest absolute Gasteiger partial charge is 0.366 e. The molecular weight excluding hydrogens is 416 g/mol. The van der Waals surface area contributed by atoms with E-state index in [-0.39, 0.29) is 11.8 Å². The molecule has 0 unspecified atom stereocenters. The summed E-state index contributed by atoms with van der Waals surface area (Å²) >= 11 is 1.51. The second-order valence-electron chi connectivity index (χ2n) is 8.55. The number of imide groups is 1. The first-order valence-electron chi connectivity index (χ1n) is 11.1. The number of hydrogen-bond acceptors (Lipinski definition) is 4. The molecule has 0 radical (unpaired) electrons. The predicted molar refractivity (Wildman–Crippen MR) is 129 cm³/mol. The zero-order valence-corrected chi connectivity index (χ0v) is 19.0. The van der Waals surface area contributed by atoms with Gasteiger partial charge in [-0.2, -0.15) is 0 Å². The fourth-order valence-corrected chi connectivity index (χ4v) is 5.56. The van der Waals surface area contributed by atoms with Crippen molar-refractivity contribution in [1.29, 1.82) is 0 Å². The van der Waals surface area contributed by atoms with E-state index in [9.17, 15) is 9.59 Å². The molecule has 3 aromatic rings. The van der Waals surface area contributed by atoms with Gasteiger partial charge in [-0.3, -0.25) is 9.59 Å². The highest BCUT2D eigenvalue weighted by atomic mass is 32.1. The Kier molecular flexibility index (Phi) is 5.66. The number of benzene rings is 2. The molecule has 1 aromatic heterocycles. The van der Waals surface area contributed by atoms with Crippen LogP contribution in [0.2, 0.25) is 0 Å². The van der Waals surface area contributed by atoms with Crippen molar-refractivity contribution in [2.24, 2.45) is 5.92 Å². The first-order chi connectivity index (χ1) is 15.6. The summed E-state index contributed by atoms with van der Waals surface area (Å²) in [7, 11) is 0. The van der Waals surface area contributed by atoms with Gasteiger partial charge in [0.2, 0.25) is 0 Å². The maximum Gasteiger partial charge on any atom is 0.282 e. The van der Waals surface area contributed by atoms with Gasteiger partial charge in [-0.1, -0.05) is 54.6 Å². The highest BCUT2D eigenvalue weighted by Gasteiger charge is 2.43. The molecule has 2 amide bonds. The van der Waals surface area contributed by atoms with E-state index in [0.717, 1.165) is 42.8 Å². The summed E-state index contributed by atoms with van der Waals surface area (Å²) in [5.74, 6) is 0.182. The second kappa shape index (κ2) is 8.75. The Morgan fingerprint density at radius 2 is 1.59 bits per heavy atom. The third-order valence-electron chi connectivity index (χ3n) is 6.48. The Labute approximate surface area is 192 Å². The topological polar surface area (TPSA) is 40.6 Å². The first-order valence-corrected chi connectivity index (χ1v) is 12.0. The van der Waals surface area contributed by atoms with E-state index in [0.29, 0.717) is 22.9 Å². The van der Waals surface area contributed by atoms with Crippen LogP contribution in [0.5, 0.6) is 0 Å². The Balaban J connectivity index is 1.42. The van der Waals surface area contributed by atoms with E-state index >= 15 is 0 Å². The monoisotopic (exact) mass is 442 g/mol. The van der Waals surface area contributed by atoms with Gasteiger partial charge >= 0.3 is 0 Å². The Morgan fingerprint density at radius 3 is 2.28 bits per heavy atom. The third-order valence-corrected chi connectivity index (χ3v) is 7.37. The molecular formula is C27H26N2O2S. The van der Waals surface area contributed by atoms with Crippen LogP contribution in [0.3, 0.4) is 0 Å². The smallest absolute Gasteiger partial charge is 0.282 e. The van der Waals surface area contributed by atoms with Crippen LogP contribution in [-0.2, 0) is 16.0 Å². The van der Waals surface area contributed by atoms with Crippen LogP contribution in [0.25, 0.3) is 5.57 Å². The number of nitrogens with zero attached hydrogens (tertiary/aromatic N) is 2. The quantitative estimate of drug-likeness (QED) is 0.504. The van der Waals surface area contributed by atoms with Crippen LogP contribution in [0, 0.1) is 12.8 Å². The van der Waals surface area contributed by atoms with Crippen molar-refractivity contribution < 1.29 is 9.59 Å². The minimum atomic E-state index is -0.215. The number of carbonyl (C=O) groups is 2. The fourth-order valence-electron chi connectivity index (χ4n) is 4.80. The van der Waals surface area contributed by atoms with Gasteiger partial charge in [-0.15, -0.1) is 11.3 Å². The summed E-state index contributed by atoms with van der Waals surface area (Å²) in [5, 5.41) is 1.96. The molecule has 2 aliphatic heterocycles. The molecule has 2 aliphatic rings. The number of para-hydroxylation sites is 1. The molecule has 0 bridgehead atoms. The van der Waals surface area contributed by atoms with Crippen LogP contribution in [0.15, 0.2) is 77.8 Å². The number of hydrogen-bond donors (Lipinski definition) is 0. The van der Waals surface area contributed by atoms with Crippen LogP contribution in [0.4, 0.5) is 5.69 Å². The molecule has 2 aromatic carbocycles. The summed E-state index contributed by atoms with van der Waals surface area (Å²) in [6, 6.07) is 22.1. The molecule has 4 nitrogen and oxygen atoms in total. The maximum atomic E-state index is 13.7. The zero-order chi connectivity index (χ0) is 22.1. The molecule has 3 heterocycles. The van der Waals surface area contributed by atoms with Crippen molar-refractivity contribution in [2.75, 3.05) is 18.0 Å². The summed E-state index contributed by atoms with van der Waals surface area (Å²) in [5.41, 5.74) is 4.07. The number of amides is 2. The van der Waals surface area contributed by atoms with E-state index in [1.165, 1.54) is 21.8 Å². The van der Waals surface area contributed by atoms with Gasteiger partial charge in [0.15, 0.2) is 0 Å². The van der Waals surface area contributed by atoms with Crippen molar-refractivity contribution >= 4 is 34.4 Å². The van der Waals surface area contributed by atoms with E-state index in [2.05, 4.69) is 29.2 Å². The zero-order valence-electron chi connectivity index (χ0n) is 18.2. The van der Waals surface area contributed by atoms with Gasteiger partial charge in [-0.05, 0) is 60.7 Å². The lowest BCUT2D eigenvalue weighted by Gasteiger charge is -2.34. The van der Waals surface area contributed by atoms with Crippen molar-refractivity contribution in [1.82, 2.24) is 4.90 Å².